The van der Waals surface area contributed by atoms with Gasteiger partial charge in [-0.1, -0.05) is 18.2 Å². The fourth-order valence-electron chi connectivity index (χ4n) is 2.93. The third kappa shape index (κ3) is 4.48. The molecule has 0 aromatic heterocycles. The summed E-state index contributed by atoms with van der Waals surface area (Å²) in [4.78, 5) is 23.4. The second kappa shape index (κ2) is 7.97. The number of rotatable bonds is 6. The molecule has 0 fully saturated rings. The number of aryl methyl sites for hydroxylation is 2. The van der Waals surface area contributed by atoms with E-state index in [-0.39, 0.29) is 11.4 Å². The first-order valence-corrected chi connectivity index (χ1v) is 10.4. The Morgan fingerprint density at radius 1 is 1.18 bits per heavy atom. The average molecular weight is 405 g/mol. The lowest BCUT2D eigenvalue weighted by Gasteiger charge is -2.30. The molecular weight excluding hydrogens is 382 g/mol. The first-order valence-electron chi connectivity index (χ1n) is 8.55. The van der Waals surface area contributed by atoms with E-state index in [9.17, 15) is 23.3 Å². The fraction of sp³-hybridized carbons (Fsp3) is 0.316. The van der Waals surface area contributed by atoms with Gasteiger partial charge in [0.1, 0.15) is 6.04 Å². The first kappa shape index (κ1) is 21.4. The van der Waals surface area contributed by atoms with Crippen LogP contribution in [0.4, 0.5) is 17.1 Å². The zero-order chi connectivity index (χ0) is 21.2. The Balaban J connectivity index is 2.42. The van der Waals surface area contributed by atoms with Gasteiger partial charge in [0.2, 0.25) is 15.9 Å². The minimum absolute atomic E-state index is 0.125. The molecule has 2 aromatic carbocycles. The van der Waals surface area contributed by atoms with E-state index in [4.69, 9.17) is 0 Å². The molecule has 1 N–H and O–H groups in total. The molecule has 0 saturated heterocycles. The van der Waals surface area contributed by atoms with Crippen LogP contribution < -0.4 is 9.62 Å². The summed E-state index contributed by atoms with van der Waals surface area (Å²) in [5.74, 6) is -0.588. The summed E-state index contributed by atoms with van der Waals surface area (Å²) in [6.07, 6.45) is 1.04. The normalized spacial score (nSPS) is 12.3. The molecule has 0 aliphatic rings. The molecule has 0 radical (unpaired) electrons. The number of hydrogen-bond donors (Lipinski definition) is 1. The van der Waals surface area contributed by atoms with Gasteiger partial charge in [-0.15, -0.1) is 0 Å². The van der Waals surface area contributed by atoms with Crippen molar-refractivity contribution in [3.63, 3.8) is 0 Å². The van der Waals surface area contributed by atoms with Crippen molar-refractivity contribution in [1.82, 2.24) is 0 Å². The van der Waals surface area contributed by atoms with Gasteiger partial charge in [-0.2, -0.15) is 0 Å². The Hall–Kier alpha value is -2.94. The highest BCUT2D eigenvalue weighted by atomic mass is 32.2. The van der Waals surface area contributed by atoms with Crippen molar-refractivity contribution < 1.29 is 18.1 Å². The number of nitro groups is 1. The van der Waals surface area contributed by atoms with E-state index >= 15 is 0 Å². The summed E-state index contributed by atoms with van der Waals surface area (Å²) >= 11 is 0. The Morgan fingerprint density at radius 3 is 2.39 bits per heavy atom. The molecule has 0 aliphatic heterocycles. The van der Waals surface area contributed by atoms with E-state index in [1.165, 1.54) is 32.0 Å². The number of carbonyl (C=O) groups excluding carboxylic acids is 1. The van der Waals surface area contributed by atoms with E-state index < -0.39 is 26.9 Å². The molecule has 0 spiro atoms. The second-order valence-electron chi connectivity index (χ2n) is 6.72. The molecule has 28 heavy (non-hydrogen) atoms. The zero-order valence-corrected chi connectivity index (χ0v) is 17.2. The minimum atomic E-state index is -3.76. The summed E-state index contributed by atoms with van der Waals surface area (Å²) < 4.78 is 26.0. The molecule has 0 unspecified atom stereocenters. The van der Waals surface area contributed by atoms with Gasteiger partial charge >= 0.3 is 0 Å². The van der Waals surface area contributed by atoms with Crippen molar-refractivity contribution in [3.8, 4) is 0 Å². The van der Waals surface area contributed by atoms with Crippen LogP contribution in [0.5, 0.6) is 0 Å². The zero-order valence-electron chi connectivity index (χ0n) is 16.4. The largest absolute Gasteiger partial charge is 0.324 e. The molecule has 2 rings (SSSR count). The number of nitrogens with zero attached hydrogens (tertiary/aromatic N) is 2. The van der Waals surface area contributed by atoms with Crippen LogP contribution in [0.3, 0.4) is 0 Å². The summed E-state index contributed by atoms with van der Waals surface area (Å²) in [6, 6.07) is 8.63. The van der Waals surface area contributed by atoms with Crippen LogP contribution in [0.1, 0.15) is 23.6 Å². The molecule has 9 heteroatoms. The highest BCUT2D eigenvalue weighted by molar-refractivity contribution is 7.92. The first-order chi connectivity index (χ1) is 12.9. The lowest BCUT2D eigenvalue weighted by atomic mass is 10.1. The number of sulfonamides is 1. The van der Waals surface area contributed by atoms with Crippen molar-refractivity contribution >= 4 is 33.0 Å². The molecule has 0 heterocycles. The van der Waals surface area contributed by atoms with Gasteiger partial charge in [0, 0.05) is 6.07 Å². The van der Waals surface area contributed by atoms with Gasteiger partial charge < -0.3 is 5.32 Å². The van der Waals surface area contributed by atoms with Crippen molar-refractivity contribution in [3.05, 3.63) is 63.2 Å². The Kier molecular flexibility index (Phi) is 6.08. The van der Waals surface area contributed by atoms with Crippen LogP contribution >= 0.6 is 0 Å². The molecule has 8 nitrogen and oxygen atoms in total. The number of amides is 1. The third-order valence-electron chi connectivity index (χ3n) is 4.45. The SMILES string of the molecule is Cc1ccc(C)c(N([C@@H](C)C(=O)Nc2cccc([N+](=O)[O-])c2C)S(C)(=O)=O)c1. The van der Waals surface area contributed by atoms with Gasteiger partial charge in [-0.3, -0.25) is 19.2 Å². The van der Waals surface area contributed by atoms with Crippen molar-refractivity contribution in [1.29, 1.82) is 0 Å². The summed E-state index contributed by atoms with van der Waals surface area (Å²) in [5, 5.41) is 13.7. The summed E-state index contributed by atoms with van der Waals surface area (Å²) in [6.45, 7) is 6.60. The summed E-state index contributed by atoms with van der Waals surface area (Å²) in [5.41, 5.74) is 2.42. The van der Waals surface area contributed by atoms with Gasteiger partial charge in [0.15, 0.2) is 0 Å². The number of nitrogens with one attached hydrogen (secondary N) is 1. The van der Waals surface area contributed by atoms with Crippen molar-refractivity contribution in [2.24, 2.45) is 0 Å². The highest BCUT2D eigenvalue weighted by Crippen LogP contribution is 2.28. The number of benzene rings is 2. The van der Waals surface area contributed by atoms with Gasteiger partial charge in [0.25, 0.3) is 5.69 Å². The van der Waals surface area contributed by atoms with Gasteiger partial charge in [0.05, 0.1) is 28.1 Å². The average Bonchev–Trinajstić information content (AvgIpc) is 2.58. The number of hydrogen-bond acceptors (Lipinski definition) is 5. The maximum absolute atomic E-state index is 12.8. The molecule has 0 saturated carbocycles. The van der Waals surface area contributed by atoms with Crippen LogP contribution in [0.25, 0.3) is 0 Å². The molecule has 0 bridgehead atoms. The smallest absolute Gasteiger partial charge is 0.274 e. The van der Waals surface area contributed by atoms with Crippen LogP contribution in [0, 0.1) is 30.9 Å². The predicted molar refractivity (Wildman–Crippen MR) is 109 cm³/mol. The topological polar surface area (TPSA) is 110 Å². The van der Waals surface area contributed by atoms with E-state index in [0.717, 1.165) is 16.1 Å². The number of anilines is 2. The molecule has 0 aliphatic carbocycles. The van der Waals surface area contributed by atoms with E-state index in [1.54, 1.807) is 19.1 Å². The van der Waals surface area contributed by atoms with Gasteiger partial charge in [-0.05, 0) is 51.0 Å². The Morgan fingerprint density at radius 2 is 1.82 bits per heavy atom. The van der Waals surface area contributed by atoms with Crippen LogP contribution in [0.2, 0.25) is 0 Å². The molecule has 150 valence electrons. The monoisotopic (exact) mass is 405 g/mol. The van der Waals surface area contributed by atoms with E-state index in [2.05, 4.69) is 5.32 Å². The van der Waals surface area contributed by atoms with E-state index in [1.807, 2.05) is 13.0 Å². The standard InChI is InChI=1S/C19H23N3O5S/c1-12-9-10-13(2)18(11-12)21(28(5,26)27)15(4)19(23)20-16-7-6-8-17(14(16)3)22(24)25/h6-11,15H,1-5H3,(H,20,23)/t15-/m0/s1. The fourth-order valence-corrected chi connectivity index (χ4v) is 4.16. The molecule has 2 aromatic rings. The number of carbonyl (C=O) groups is 1. The second-order valence-corrected chi connectivity index (χ2v) is 8.58. The summed E-state index contributed by atoms with van der Waals surface area (Å²) in [7, 11) is -3.76. The van der Waals surface area contributed by atoms with Crippen LogP contribution in [-0.2, 0) is 14.8 Å². The highest BCUT2D eigenvalue weighted by Gasteiger charge is 2.30. The van der Waals surface area contributed by atoms with Crippen LogP contribution in [0.15, 0.2) is 36.4 Å². The molecular formula is C19H23N3O5S. The van der Waals surface area contributed by atoms with Crippen molar-refractivity contribution in [2.45, 2.75) is 33.7 Å². The minimum Gasteiger partial charge on any atom is -0.324 e. The van der Waals surface area contributed by atoms with Crippen molar-refractivity contribution in [2.75, 3.05) is 15.9 Å². The maximum Gasteiger partial charge on any atom is 0.274 e. The lowest BCUT2D eigenvalue weighted by molar-refractivity contribution is -0.385. The third-order valence-corrected chi connectivity index (χ3v) is 5.68. The van der Waals surface area contributed by atoms with E-state index in [0.29, 0.717) is 16.8 Å². The quantitative estimate of drug-likeness (QED) is 0.586. The Bertz CT molecular complexity index is 1030. The molecule has 1 amide bonds. The van der Waals surface area contributed by atoms with Gasteiger partial charge in [-0.25, -0.2) is 8.42 Å². The molecule has 1 atom stereocenters. The Labute approximate surface area is 164 Å². The number of nitro benzene ring substituents is 1. The lowest BCUT2D eigenvalue weighted by Crippen LogP contribution is -2.45. The predicted octanol–water partition coefficient (Wildman–Crippen LogP) is 3.31. The van der Waals surface area contributed by atoms with Crippen LogP contribution in [-0.4, -0.2) is 31.5 Å². The maximum atomic E-state index is 12.8.